The number of hydrogen-bond acceptors (Lipinski definition) is 3. The van der Waals surface area contributed by atoms with E-state index in [-0.39, 0.29) is 12.1 Å². The van der Waals surface area contributed by atoms with Gasteiger partial charge in [-0.25, -0.2) is 0 Å². The lowest BCUT2D eigenvalue weighted by Gasteiger charge is -2.23. The van der Waals surface area contributed by atoms with Crippen molar-refractivity contribution in [1.29, 1.82) is 0 Å². The SMILES string of the molecule is CC(CCN(C)C)NC(C)C(C)O. The van der Waals surface area contributed by atoms with Crippen molar-refractivity contribution in [2.24, 2.45) is 0 Å². The van der Waals surface area contributed by atoms with Crippen LogP contribution in [-0.4, -0.2) is 48.8 Å². The predicted molar refractivity (Wildman–Crippen MR) is 56.9 cm³/mol. The van der Waals surface area contributed by atoms with Crippen LogP contribution < -0.4 is 5.32 Å². The zero-order chi connectivity index (χ0) is 10.4. The topological polar surface area (TPSA) is 35.5 Å². The van der Waals surface area contributed by atoms with Crippen LogP contribution in [0.3, 0.4) is 0 Å². The van der Waals surface area contributed by atoms with Gasteiger partial charge in [0.1, 0.15) is 0 Å². The van der Waals surface area contributed by atoms with Gasteiger partial charge < -0.3 is 15.3 Å². The van der Waals surface area contributed by atoms with Gasteiger partial charge in [-0.1, -0.05) is 0 Å². The lowest BCUT2D eigenvalue weighted by molar-refractivity contribution is 0.145. The average Bonchev–Trinajstić information content (AvgIpc) is 2.00. The van der Waals surface area contributed by atoms with E-state index in [1.54, 1.807) is 0 Å². The number of nitrogens with one attached hydrogen (secondary N) is 1. The summed E-state index contributed by atoms with van der Waals surface area (Å²) in [5, 5.41) is 12.6. The molecule has 0 heterocycles. The molecule has 0 aromatic heterocycles. The Morgan fingerprint density at radius 1 is 1.23 bits per heavy atom. The molecule has 3 unspecified atom stereocenters. The largest absolute Gasteiger partial charge is 0.392 e. The first-order chi connectivity index (χ1) is 5.93. The minimum absolute atomic E-state index is 0.178. The van der Waals surface area contributed by atoms with Crippen LogP contribution in [0.1, 0.15) is 27.2 Å². The fourth-order valence-electron chi connectivity index (χ4n) is 1.12. The van der Waals surface area contributed by atoms with Gasteiger partial charge in [0.2, 0.25) is 0 Å². The summed E-state index contributed by atoms with van der Waals surface area (Å²) >= 11 is 0. The Bertz CT molecular complexity index is 126. The van der Waals surface area contributed by atoms with Gasteiger partial charge in [0.15, 0.2) is 0 Å². The summed E-state index contributed by atoms with van der Waals surface area (Å²) in [7, 11) is 4.15. The fraction of sp³-hybridized carbons (Fsp3) is 1.00. The summed E-state index contributed by atoms with van der Waals surface area (Å²) in [6.45, 7) is 7.07. The molecule has 0 bridgehead atoms. The van der Waals surface area contributed by atoms with Crippen LogP contribution in [0.15, 0.2) is 0 Å². The van der Waals surface area contributed by atoms with E-state index in [0.717, 1.165) is 13.0 Å². The molecule has 3 nitrogen and oxygen atoms in total. The average molecular weight is 188 g/mol. The molecular weight excluding hydrogens is 164 g/mol. The van der Waals surface area contributed by atoms with Gasteiger partial charge >= 0.3 is 0 Å². The molecule has 0 amide bonds. The predicted octanol–water partition coefficient (Wildman–Crippen LogP) is 0.686. The molecule has 0 saturated carbocycles. The third-order valence-corrected chi connectivity index (χ3v) is 2.28. The molecule has 13 heavy (non-hydrogen) atoms. The van der Waals surface area contributed by atoms with Crippen molar-refractivity contribution in [2.75, 3.05) is 20.6 Å². The van der Waals surface area contributed by atoms with Gasteiger partial charge in [0, 0.05) is 12.1 Å². The Labute approximate surface area is 82.1 Å². The second-order valence-electron chi connectivity index (χ2n) is 4.19. The molecular formula is C10H24N2O. The number of rotatable bonds is 6. The zero-order valence-corrected chi connectivity index (χ0v) is 9.54. The molecule has 0 aliphatic carbocycles. The maximum atomic E-state index is 9.27. The Balaban J connectivity index is 3.55. The molecule has 0 aliphatic rings. The van der Waals surface area contributed by atoms with Crippen molar-refractivity contribution >= 4 is 0 Å². The number of hydrogen-bond donors (Lipinski definition) is 2. The lowest BCUT2D eigenvalue weighted by Crippen LogP contribution is -2.42. The van der Waals surface area contributed by atoms with Gasteiger partial charge in [0.25, 0.3) is 0 Å². The molecule has 0 fully saturated rings. The number of aliphatic hydroxyl groups is 1. The van der Waals surface area contributed by atoms with Gasteiger partial charge in [-0.2, -0.15) is 0 Å². The van der Waals surface area contributed by atoms with Gasteiger partial charge in [-0.15, -0.1) is 0 Å². The van der Waals surface area contributed by atoms with Crippen LogP contribution in [-0.2, 0) is 0 Å². The van der Waals surface area contributed by atoms with E-state index in [1.165, 1.54) is 0 Å². The maximum absolute atomic E-state index is 9.27. The van der Waals surface area contributed by atoms with Crippen LogP contribution in [0.4, 0.5) is 0 Å². The highest BCUT2D eigenvalue weighted by Gasteiger charge is 2.11. The first kappa shape index (κ1) is 12.9. The Kier molecular flexibility index (Phi) is 6.29. The van der Waals surface area contributed by atoms with Crippen LogP contribution in [0.5, 0.6) is 0 Å². The van der Waals surface area contributed by atoms with E-state index in [9.17, 15) is 5.11 Å². The number of nitrogens with zero attached hydrogens (tertiary/aromatic N) is 1. The fourth-order valence-corrected chi connectivity index (χ4v) is 1.12. The van der Waals surface area contributed by atoms with Gasteiger partial charge in [-0.3, -0.25) is 0 Å². The Morgan fingerprint density at radius 2 is 1.77 bits per heavy atom. The first-order valence-corrected chi connectivity index (χ1v) is 5.02. The second-order valence-corrected chi connectivity index (χ2v) is 4.19. The molecule has 3 atom stereocenters. The van der Waals surface area contributed by atoms with E-state index in [4.69, 9.17) is 0 Å². The van der Waals surface area contributed by atoms with Crippen LogP contribution >= 0.6 is 0 Å². The van der Waals surface area contributed by atoms with E-state index in [0.29, 0.717) is 6.04 Å². The summed E-state index contributed by atoms with van der Waals surface area (Å²) in [6.07, 6.45) is 0.839. The normalized spacial score (nSPS) is 18.7. The highest BCUT2D eigenvalue weighted by Crippen LogP contribution is 1.97. The van der Waals surface area contributed by atoms with E-state index >= 15 is 0 Å². The van der Waals surface area contributed by atoms with E-state index in [1.807, 2.05) is 13.8 Å². The molecule has 0 rings (SSSR count). The Morgan fingerprint density at radius 3 is 2.15 bits per heavy atom. The summed E-state index contributed by atoms with van der Waals surface area (Å²) in [6, 6.07) is 0.643. The molecule has 0 aromatic carbocycles. The quantitative estimate of drug-likeness (QED) is 0.643. The molecule has 0 spiro atoms. The summed E-state index contributed by atoms with van der Waals surface area (Å²) in [5.74, 6) is 0. The highest BCUT2D eigenvalue weighted by atomic mass is 16.3. The summed E-state index contributed by atoms with van der Waals surface area (Å²) in [5.41, 5.74) is 0. The Hall–Kier alpha value is -0.120. The van der Waals surface area contributed by atoms with E-state index in [2.05, 4.69) is 31.2 Å². The van der Waals surface area contributed by atoms with E-state index < -0.39 is 0 Å². The summed E-state index contributed by atoms with van der Waals surface area (Å²) < 4.78 is 0. The third-order valence-electron chi connectivity index (χ3n) is 2.28. The molecule has 0 aliphatic heterocycles. The van der Waals surface area contributed by atoms with Crippen molar-refractivity contribution in [3.05, 3.63) is 0 Å². The lowest BCUT2D eigenvalue weighted by atomic mass is 10.1. The molecule has 3 heteroatoms. The van der Waals surface area contributed by atoms with Crippen molar-refractivity contribution in [3.63, 3.8) is 0 Å². The van der Waals surface area contributed by atoms with Crippen molar-refractivity contribution < 1.29 is 5.11 Å². The first-order valence-electron chi connectivity index (χ1n) is 5.02. The van der Waals surface area contributed by atoms with Crippen LogP contribution in [0.25, 0.3) is 0 Å². The third kappa shape index (κ3) is 6.99. The monoisotopic (exact) mass is 188 g/mol. The molecule has 2 N–H and O–H groups in total. The minimum atomic E-state index is -0.276. The molecule has 0 saturated heterocycles. The number of aliphatic hydroxyl groups excluding tert-OH is 1. The van der Waals surface area contributed by atoms with Crippen LogP contribution in [0, 0.1) is 0 Å². The second kappa shape index (κ2) is 6.35. The van der Waals surface area contributed by atoms with Crippen molar-refractivity contribution in [3.8, 4) is 0 Å². The maximum Gasteiger partial charge on any atom is 0.0662 e. The van der Waals surface area contributed by atoms with Gasteiger partial charge in [0.05, 0.1) is 6.10 Å². The van der Waals surface area contributed by atoms with Gasteiger partial charge in [-0.05, 0) is 47.8 Å². The smallest absolute Gasteiger partial charge is 0.0662 e. The van der Waals surface area contributed by atoms with Crippen molar-refractivity contribution in [1.82, 2.24) is 10.2 Å². The molecule has 0 aromatic rings. The van der Waals surface area contributed by atoms with Crippen LogP contribution in [0.2, 0.25) is 0 Å². The standard InChI is InChI=1S/C10H24N2O/c1-8(6-7-12(4)5)11-9(2)10(3)13/h8-11,13H,6-7H2,1-5H3. The highest BCUT2D eigenvalue weighted by molar-refractivity contribution is 4.71. The zero-order valence-electron chi connectivity index (χ0n) is 9.54. The van der Waals surface area contributed by atoms with Crippen molar-refractivity contribution in [2.45, 2.75) is 45.4 Å². The minimum Gasteiger partial charge on any atom is -0.392 e. The molecule has 80 valence electrons. The molecule has 0 radical (unpaired) electrons. The summed E-state index contributed by atoms with van der Waals surface area (Å²) in [4.78, 5) is 2.17.